The van der Waals surface area contributed by atoms with Crippen molar-refractivity contribution in [3.63, 3.8) is 0 Å². The van der Waals surface area contributed by atoms with Crippen molar-refractivity contribution in [1.82, 2.24) is 25.2 Å². The van der Waals surface area contributed by atoms with Crippen LogP contribution in [-0.4, -0.2) is 57.8 Å². The lowest BCUT2D eigenvalue weighted by molar-refractivity contribution is -0.110. The minimum atomic E-state index is -0.208. The minimum absolute atomic E-state index is 0.121. The lowest BCUT2D eigenvalue weighted by atomic mass is 9.95. The summed E-state index contributed by atoms with van der Waals surface area (Å²) in [7, 11) is 0. The van der Waals surface area contributed by atoms with Crippen LogP contribution in [0.3, 0.4) is 0 Å². The topological polar surface area (TPSA) is 129 Å². The van der Waals surface area contributed by atoms with Crippen molar-refractivity contribution in [2.75, 3.05) is 37.2 Å². The first kappa shape index (κ1) is 24.2. The van der Waals surface area contributed by atoms with Crippen LogP contribution in [0.1, 0.15) is 46.7 Å². The average molecular weight is 474 g/mol. The van der Waals surface area contributed by atoms with Crippen molar-refractivity contribution >= 4 is 35.1 Å². The van der Waals surface area contributed by atoms with Gasteiger partial charge in [-0.1, -0.05) is 26.0 Å². The van der Waals surface area contributed by atoms with Gasteiger partial charge in [0, 0.05) is 53.7 Å². The second kappa shape index (κ2) is 10.1. The highest BCUT2D eigenvalue weighted by Crippen LogP contribution is 2.40. The van der Waals surface area contributed by atoms with Crippen LogP contribution in [0, 0.1) is 13.8 Å². The van der Waals surface area contributed by atoms with E-state index in [1.807, 2.05) is 32.0 Å². The van der Waals surface area contributed by atoms with Crippen LogP contribution < -0.4 is 16.4 Å². The number of carbonyl (C=O) groups is 2. The molecular formula is C26H31N7O2. The van der Waals surface area contributed by atoms with Crippen LogP contribution >= 0.6 is 0 Å². The summed E-state index contributed by atoms with van der Waals surface area (Å²) in [6.07, 6.45) is 5.09. The summed E-state index contributed by atoms with van der Waals surface area (Å²) in [6.45, 7) is 11.2. The second-order valence-electron chi connectivity index (χ2n) is 8.52. The lowest BCUT2D eigenvalue weighted by Gasteiger charge is -2.18. The van der Waals surface area contributed by atoms with E-state index in [4.69, 9.17) is 5.73 Å². The fourth-order valence-electron chi connectivity index (χ4n) is 4.46. The second-order valence-corrected chi connectivity index (χ2v) is 8.52. The first-order valence-electron chi connectivity index (χ1n) is 11.8. The summed E-state index contributed by atoms with van der Waals surface area (Å²) in [6, 6.07) is 5.65. The van der Waals surface area contributed by atoms with E-state index < -0.39 is 0 Å². The number of anilines is 2. The highest BCUT2D eigenvalue weighted by atomic mass is 16.2. The lowest BCUT2D eigenvalue weighted by Crippen LogP contribution is -2.35. The Balaban J connectivity index is 1.66. The van der Waals surface area contributed by atoms with Gasteiger partial charge >= 0.3 is 0 Å². The zero-order valence-electron chi connectivity index (χ0n) is 20.5. The number of hydrogen-bond donors (Lipinski definition) is 4. The molecule has 0 unspecified atom stereocenters. The van der Waals surface area contributed by atoms with Crippen LogP contribution in [-0.2, 0) is 4.79 Å². The molecule has 1 aromatic carbocycles. The molecule has 0 saturated heterocycles. The Labute approximate surface area is 204 Å². The molecule has 1 aliphatic heterocycles. The molecule has 9 heteroatoms. The normalized spacial score (nSPS) is 13.9. The number of aryl methyl sites for hydroxylation is 1. The van der Waals surface area contributed by atoms with E-state index in [1.54, 1.807) is 18.5 Å². The summed E-state index contributed by atoms with van der Waals surface area (Å²) < 4.78 is 0. The molecule has 3 aromatic rings. The zero-order valence-corrected chi connectivity index (χ0v) is 20.5. The van der Waals surface area contributed by atoms with Crippen molar-refractivity contribution in [2.24, 2.45) is 0 Å². The van der Waals surface area contributed by atoms with Gasteiger partial charge in [-0.2, -0.15) is 0 Å². The predicted octanol–water partition coefficient (Wildman–Crippen LogP) is 3.24. The van der Waals surface area contributed by atoms with Crippen molar-refractivity contribution in [2.45, 2.75) is 27.7 Å². The molecule has 2 amide bonds. The third kappa shape index (κ3) is 4.81. The number of nitrogens with zero attached hydrogens (tertiary/aromatic N) is 3. The van der Waals surface area contributed by atoms with E-state index >= 15 is 0 Å². The highest BCUT2D eigenvalue weighted by Gasteiger charge is 2.28. The number of carbonyl (C=O) groups excluding carboxylic acids is 2. The molecule has 0 fully saturated rings. The maximum Gasteiger partial charge on any atom is 0.256 e. The van der Waals surface area contributed by atoms with E-state index in [0.29, 0.717) is 23.4 Å². The Morgan fingerprint density at radius 3 is 2.57 bits per heavy atom. The molecule has 2 aromatic heterocycles. The standard InChI is InChI=1S/C26H31N7O2/c1-5-33(6-2)11-10-28-25(35)22-15(3)21(31-16(22)4)12-19-23-18(17-13-29-26(27)30-14-17)8-7-9-20(23)32-24(19)34/h7-9,12-14,31H,5-6,10-11H2,1-4H3,(H,28,35)(H,32,34)(H2,27,29,30). The molecule has 0 aliphatic carbocycles. The molecular weight excluding hydrogens is 442 g/mol. The molecule has 0 radical (unpaired) electrons. The van der Waals surface area contributed by atoms with E-state index in [0.717, 1.165) is 53.3 Å². The van der Waals surface area contributed by atoms with Gasteiger partial charge in [0.1, 0.15) is 0 Å². The molecule has 35 heavy (non-hydrogen) atoms. The van der Waals surface area contributed by atoms with Gasteiger partial charge in [0.25, 0.3) is 11.8 Å². The van der Waals surface area contributed by atoms with Gasteiger partial charge in [0.05, 0.1) is 11.1 Å². The van der Waals surface area contributed by atoms with Gasteiger partial charge < -0.3 is 26.3 Å². The van der Waals surface area contributed by atoms with Gasteiger partial charge in [-0.15, -0.1) is 0 Å². The summed E-state index contributed by atoms with van der Waals surface area (Å²) in [4.78, 5) is 39.6. The number of H-pyrrole nitrogens is 1. The molecule has 5 N–H and O–H groups in total. The molecule has 182 valence electrons. The molecule has 4 rings (SSSR count). The third-order valence-electron chi connectivity index (χ3n) is 6.41. The first-order valence-corrected chi connectivity index (χ1v) is 11.8. The Hall–Kier alpha value is -3.98. The van der Waals surface area contributed by atoms with Gasteiger partial charge in [0.2, 0.25) is 5.95 Å². The monoisotopic (exact) mass is 473 g/mol. The zero-order chi connectivity index (χ0) is 25.1. The third-order valence-corrected chi connectivity index (χ3v) is 6.41. The number of hydrogen-bond acceptors (Lipinski definition) is 6. The Bertz CT molecular complexity index is 1290. The van der Waals surface area contributed by atoms with Crippen molar-refractivity contribution in [3.8, 4) is 11.1 Å². The van der Waals surface area contributed by atoms with E-state index in [-0.39, 0.29) is 17.8 Å². The van der Waals surface area contributed by atoms with Gasteiger partial charge in [-0.25, -0.2) is 9.97 Å². The minimum Gasteiger partial charge on any atom is -0.368 e. The maximum absolute atomic E-state index is 13.0. The number of benzene rings is 1. The molecule has 0 bridgehead atoms. The van der Waals surface area contributed by atoms with Gasteiger partial charge in [0.15, 0.2) is 0 Å². The number of nitrogen functional groups attached to an aromatic ring is 1. The van der Waals surface area contributed by atoms with Crippen LogP contribution in [0.15, 0.2) is 30.6 Å². The molecule has 9 nitrogen and oxygen atoms in total. The Morgan fingerprint density at radius 2 is 1.89 bits per heavy atom. The quantitative estimate of drug-likeness (QED) is 0.372. The molecule has 3 heterocycles. The van der Waals surface area contributed by atoms with Crippen molar-refractivity contribution in [1.29, 1.82) is 0 Å². The number of aromatic nitrogens is 3. The van der Waals surface area contributed by atoms with Crippen molar-refractivity contribution < 1.29 is 9.59 Å². The Morgan fingerprint density at radius 1 is 1.17 bits per heavy atom. The number of fused-ring (bicyclic) bond motifs is 1. The highest BCUT2D eigenvalue weighted by molar-refractivity contribution is 6.36. The average Bonchev–Trinajstić information content (AvgIpc) is 3.31. The first-order chi connectivity index (χ1) is 16.8. The summed E-state index contributed by atoms with van der Waals surface area (Å²) in [5, 5.41) is 5.95. The number of likely N-dealkylation sites (N-methyl/N-ethyl adjacent to an activating group) is 1. The number of rotatable bonds is 8. The number of aromatic amines is 1. The van der Waals surface area contributed by atoms with E-state index in [2.05, 4.69) is 44.3 Å². The summed E-state index contributed by atoms with van der Waals surface area (Å²) in [5.41, 5.74) is 12.1. The Kier molecular flexibility index (Phi) is 6.97. The SMILES string of the molecule is CCN(CC)CCNC(=O)c1c(C)[nH]c(C=C2C(=O)Nc3cccc(-c4cnc(N)nc4)c32)c1C. The van der Waals surface area contributed by atoms with E-state index in [9.17, 15) is 9.59 Å². The molecule has 0 saturated carbocycles. The summed E-state index contributed by atoms with van der Waals surface area (Å²) in [5.74, 6) is -0.142. The van der Waals surface area contributed by atoms with Crippen molar-refractivity contribution in [3.05, 3.63) is 58.7 Å². The van der Waals surface area contributed by atoms with Crippen LogP contribution in [0.2, 0.25) is 0 Å². The van der Waals surface area contributed by atoms with Gasteiger partial charge in [-0.05, 0) is 50.2 Å². The predicted molar refractivity (Wildman–Crippen MR) is 139 cm³/mol. The fourth-order valence-corrected chi connectivity index (χ4v) is 4.46. The fraction of sp³-hybridized carbons (Fsp3) is 0.308. The maximum atomic E-state index is 13.0. The molecule has 0 spiro atoms. The van der Waals surface area contributed by atoms with E-state index in [1.165, 1.54) is 0 Å². The molecule has 0 atom stereocenters. The summed E-state index contributed by atoms with van der Waals surface area (Å²) >= 11 is 0. The van der Waals surface area contributed by atoms with Crippen LogP contribution in [0.25, 0.3) is 22.8 Å². The number of amides is 2. The number of nitrogens with one attached hydrogen (secondary N) is 3. The molecule has 1 aliphatic rings. The van der Waals surface area contributed by atoms with Crippen LogP contribution in [0.5, 0.6) is 0 Å². The van der Waals surface area contributed by atoms with Gasteiger partial charge in [-0.3, -0.25) is 9.59 Å². The largest absolute Gasteiger partial charge is 0.368 e. The smallest absolute Gasteiger partial charge is 0.256 e. The number of nitrogens with two attached hydrogens (primary N) is 1. The van der Waals surface area contributed by atoms with Crippen LogP contribution in [0.4, 0.5) is 11.6 Å².